The molecule has 0 saturated heterocycles. The third kappa shape index (κ3) is 4.10. The second-order valence-corrected chi connectivity index (χ2v) is 7.99. The largest absolute Gasteiger partial charge is 0.492 e. The normalized spacial score (nSPS) is 10.9. The number of para-hydroxylation sites is 2. The van der Waals surface area contributed by atoms with E-state index in [2.05, 4.69) is 25.6 Å². The first-order chi connectivity index (χ1) is 14.2. The molecule has 4 aromatic rings. The van der Waals surface area contributed by atoms with Crippen molar-refractivity contribution in [2.45, 2.75) is 13.8 Å². The number of rotatable bonds is 6. The maximum Gasteiger partial charge on any atom is 0.203 e. The topological polar surface area (TPSA) is 80.7 Å². The molecule has 0 radical (unpaired) electrons. The van der Waals surface area contributed by atoms with Crippen LogP contribution in [-0.2, 0) is 0 Å². The van der Waals surface area contributed by atoms with E-state index in [-0.39, 0.29) is 0 Å². The number of nitrogens with zero attached hydrogens (tertiary/aromatic N) is 3. The number of aliphatic imine (C=N–C) groups is 1. The molecule has 2 aromatic carbocycles. The molecule has 0 amide bonds. The zero-order valence-electron chi connectivity index (χ0n) is 16.4. The molecule has 0 fully saturated rings. The minimum Gasteiger partial charge on any atom is -0.492 e. The van der Waals surface area contributed by atoms with Gasteiger partial charge in [0.15, 0.2) is 10.3 Å². The van der Waals surface area contributed by atoms with Gasteiger partial charge >= 0.3 is 0 Å². The predicted octanol–water partition coefficient (Wildman–Crippen LogP) is 5.21. The van der Waals surface area contributed by atoms with Crippen LogP contribution in [0.25, 0.3) is 20.4 Å². The average molecular weight is 428 g/mol. The Hall–Kier alpha value is -2.91. The van der Waals surface area contributed by atoms with Crippen molar-refractivity contribution in [1.29, 1.82) is 0 Å². The van der Waals surface area contributed by atoms with E-state index in [1.54, 1.807) is 29.7 Å². The standard InChI is InChI=1S/C20H21N5O2S2/c1-4-26-12-8-6-10-14-16(12)22-19(28-14)24-18(21-3)25-20-23-17-13(27-5-2)9-7-11-15(17)29-20/h6-11H,4-5H2,1-3H3,(H2,21,22,23,24,25). The highest BCUT2D eigenvalue weighted by Crippen LogP contribution is 2.34. The van der Waals surface area contributed by atoms with E-state index in [0.29, 0.717) is 19.2 Å². The van der Waals surface area contributed by atoms with E-state index < -0.39 is 0 Å². The lowest BCUT2D eigenvalue weighted by atomic mass is 10.3. The lowest BCUT2D eigenvalue weighted by Gasteiger charge is -2.06. The molecule has 150 valence electrons. The molecule has 0 unspecified atom stereocenters. The maximum atomic E-state index is 5.67. The van der Waals surface area contributed by atoms with Crippen molar-refractivity contribution in [2.75, 3.05) is 30.9 Å². The molecule has 0 bridgehead atoms. The Morgan fingerprint density at radius 1 is 0.862 bits per heavy atom. The molecule has 0 aliphatic rings. The predicted molar refractivity (Wildman–Crippen MR) is 122 cm³/mol. The number of hydrogen-bond donors (Lipinski definition) is 2. The van der Waals surface area contributed by atoms with Gasteiger partial charge < -0.3 is 20.1 Å². The fourth-order valence-corrected chi connectivity index (χ4v) is 4.61. The van der Waals surface area contributed by atoms with Crippen LogP contribution in [0.4, 0.5) is 10.3 Å². The van der Waals surface area contributed by atoms with Crippen LogP contribution in [0.3, 0.4) is 0 Å². The van der Waals surface area contributed by atoms with Crippen LogP contribution in [0.5, 0.6) is 11.5 Å². The molecular formula is C20H21N5O2S2. The van der Waals surface area contributed by atoms with E-state index in [1.165, 1.54) is 0 Å². The van der Waals surface area contributed by atoms with E-state index in [9.17, 15) is 0 Å². The van der Waals surface area contributed by atoms with Gasteiger partial charge in [-0.2, -0.15) is 0 Å². The molecule has 0 saturated carbocycles. The van der Waals surface area contributed by atoms with Gasteiger partial charge in [0.25, 0.3) is 0 Å². The Morgan fingerprint density at radius 2 is 1.34 bits per heavy atom. The third-order valence-electron chi connectivity index (χ3n) is 4.04. The first-order valence-corrected chi connectivity index (χ1v) is 10.9. The van der Waals surface area contributed by atoms with Gasteiger partial charge in [-0.15, -0.1) is 0 Å². The van der Waals surface area contributed by atoms with Gasteiger partial charge in [-0.1, -0.05) is 34.8 Å². The van der Waals surface area contributed by atoms with E-state index in [0.717, 1.165) is 42.2 Å². The molecule has 9 heteroatoms. The molecule has 2 N–H and O–H groups in total. The number of fused-ring (bicyclic) bond motifs is 2. The third-order valence-corrected chi connectivity index (χ3v) is 5.91. The summed E-state index contributed by atoms with van der Waals surface area (Å²) in [6.45, 7) is 5.13. The quantitative estimate of drug-likeness (QED) is 0.325. The van der Waals surface area contributed by atoms with Crippen LogP contribution in [0.1, 0.15) is 13.8 Å². The minimum absolute atomic E-state index is 0.569. The Balaban J connectivity index is 1.56. The van der Waals surface area contributed by atoms with Crippen molar-refractivity contribution in [3.05, 3.63) is 36.4 Å². The van der Waals surface area contributed by atoms with Crippen LogP contribution in [0, 0.1) is 0 Å². The zero-order chi connectivity index (χ0) is 20.2. The second kappa shape index (κ2) is 8.62. The van der Waals surface area contributed by atoms with Crippen LogP contribution in [0.15, 0.2) is 41.4 Å². The average Bonchev–Trinajstić information content (AvgIpc) is 3.32. The number of aromatic nitrogens is 2. The molecule has 0 aliphatic heterocycles. The van der Waals surface area contributed by atoms with Gasteiger partial charge in [0.05, 0.1) is 22.6 Å². The molecule has 4 rings (SSSR count). The Morgan fingerprint density at radius 3 is 1.76 bits per heavy atom. The van der Waals surface area contributed by atoms with Gasteiger partial charge in [-0.05, 0) is 38.1 Å². The van der Waals surface area contributed by atoms with E-state index in [1.807, 2.05) is 50.2 Å². The molecule has 0 aliphatic carbocycles. The van der Waals surface area contributed by atoms with Gasteiger partial charge in [-0.3, -0.25) is 4.99 Å². The highest BCUT2D eigenvalue weighted by molar-refractivity contribution is 7.23. The number of anilines is 2. The van der Waals surface area contributed by atoms with Gasteiger partial charge in [-0.25, -0.2) is 9.97 Å². The summed E-state index contributed by atoms with van der Waals surface area (Å²) in [6, 6.07) is 11.9. The summed E-state index contributed by atoms with van der Waals surface area (Å²) in [7, 11) is 1.72. The van der Waals surface area contributed by atoms with Crippen molar-refractivity contribution in [1.82, 2.24) is 9.97 Å². The molecule has 0 spiro atoms. The first-order valence-electron chi connectivity index (χ1n) is 9.27. The van der Waals surface area contributed by atoms with Crippen molar-refractivity contribution in [2.24, 2.45) is 4.99 Å². The number of nitrogens with one attached hydrogen (secondary N) is 2. The number of guanidine groups is 1. The SMILES string of the molecule is CCOc1cccc2sc(NC(=NC)Nc3nc4c(OCC)cccc4s3)nc12. The summed E-state index contributed by atoms with van der Waals surface area (Å²) in [5, 5.41) is 7.96. The number of benzene rings is 2. The minimum atomic E-state index is 0.569. The zero-order valence-corrected chi connectivity index (χ0v) is 18.0. The fourth-order valence-electron chi connectivity index (χ4n) is 2.84. The van der Waals surface area contributed by atoms with Crippen molar-refractivity contribution in [3.8, 4) is 11.5 Å². The molecule has 7 nitrogen and oxygen atoms in total. The Labute approximate surface area is 176 Å². The lowest BCUT2D eigenvalue weighted by Crippen LogP contribution is -2.21. The summed E-state index contributed by atoms with van der Waals surface area (Å²) in [5.74, 6) is 2.14. The number of hydrogen-bond acceptors (Lipinski definition) is 7. The van der Waals surface area contributed by atoms with Crippen molar-refractivity contribution in [3.63, 3.8) is 0 Å². The molecule has 2 aromatic heterocycles. The monoisotopic (exact) mass is 427 g/mol. The lowest BCUT2D eigenvalue weighted by molar-refractivity contribution is 0.343. The smallest absolute Gasteiger partial charge is 0.203 e. The van der Waals surface area contributed by atoms with E-state index in [4.69, 9.17) is 9.47 Å². The summed E-state index contributed by atoms with van der Waals surface area (Å²) in [4.78, 5) is 13.6. The first kappa shape index (κ1) is 19.4. The molecule has 2 heterocycles. The fraction of sp³-hybridized carbons (Fsp3) is 0.250. The summed E-state index contributed by atoms with van der Waals surface area (Å²) < 4.78 is 13.5. The molecule has 29 heavy (non-hydrogen) atoms. The summed E-state index contributed by atoms with van der Waals surface area (Å²) >= 11 is 3.09. The van der Waals surface area contributed by atoms with Crippen molar-refractivity contribution < 1.29 is 9.47 Å². The molecular weight excluding hydrogens is 406 g/mol. The van der Waals surface area contributed by atoms with Crippen LogP contribution in [0.2, 0.25) is 0 Å². The summed E-state index contributed by atoms with van der Waals surface area (Å²) in [6.07, 6.45) is 0. The van der Waals surface area contributed by atoms with Crippen LogP contribution < -0.4 is 20.1 Å². The number of ether oxygens (including phenoxy) is 2. The van der Waals surface area contributed by atoms with Crippen LogP contribution >= 0.6 is 22.7 Å². The van der Waals surface area contributed by atoms with Gasteiger partial charge in [0.1, 0.15) is 22.5 Å². The molecule has 0 atom stereocenters. The van der Waals surface area contributed by atoms with Gasteiger partial charge in [0.2, 0.25) is 5.96 Å². The Bertz CT molecular complexity index is 1080. The summed E-state index contributed by atoms with van der Waals surface area (Å²) in [5.41, 5.74) is 1.69. The van der Waals surface area contributed by atoms with Crippen molar-refractivity contribution >= 4 is 59.3 Å². The highest BCUT2D eigenvalue weighted by atomic mass is 32.1. The number of thiazole rings is 2. The van der Waals surface area contributed by atoms with E-state index >= 15 is 0 Å². The maximum absolute atomic E-state index is 5.67. The Kier molecular flexibility index (Phi) is 5.77. The highest BCUT2D eigenvalue weighted by Gasteiger charge is 2.13. The van der Waals surface area contributed by atoms with Crippen LogP contribution in [-0.4, -0.2) is 36.2 Å². The second-order valence-electron chi connectivity index (χ2n) is 5.93. The van der Waals surface area contributed by atoms with Gasteiger partial charge in [0, 0.05) is 7.05 Å².